The van der Waals surface area contributed by atoms with E-state index in [0.717, 1.165) is 19.5 Å². The van der Waals surface area contributed by atoms with Gasteiger partial charge in [-0.1, -0.05) is 0 Å². The van der Waals surface area contributed by atoms with Crippen LogP contribution in [0.15, 0.2) is 0 Å². The maximum Gasteiger partial charge on any atom is 0.0781 e. The summed E-state index contributed by atoms with van der Waals surface area (Å²) in [7, 11) is 2.10. The van der Waals surface area contributed by atoms with Crippen LogP contribution in [0.5, 0.6) is 0 Å². The minimum absolute atomic E-state index is 0.348. The van der Waals surface area contributed by atoms with Gasteiger partial charge in [-0.05, 0) is 33.4 Å². The summed E-state index contributed by atoms with van der Waals surface area (Å²) in [5.74, 6) is 0.348. The molecule has 1 fully saturated rings. The maximum absolute atomic E-state index is 9.91. The van der Waals surface area contributed by atoms with Gasteiger partial charge in [-0.15, -0.1) is 0 Å². The molecule has 0 saturated carbocycles. The van der Waals surface area contributed by atoms with Crippen molar-refractivity contribution in [2.45, 2.75) is 25.4 Å². The highest BCUT2D eigenvalue weighted by atomic mass is 16.3. The molecule has 0 amide bonds. The Kier molecular flexibility index (Phi) is 3.09. The van der Waals surface area contributed by atoms with Gasteiger partial charge in [-0.3, -0.25) is 0 Å². The first-order chi connectivity index (χ1) is 5.56. The third-order valence-corrected chi connectivity index (χ3v) is 2.92. The Balaban J connectivity index is 2.50. The van der Waals surface area contributed by atoms with Gasteiger partial charge in [0.25, 0.3) is 0 Å². The van der Waals surface area contributed by atoms with Gasteiger partial charge in [-0.2, -0.15) is 0 Å². The number of aliphatic hydroxyl groups is 1. The molecule has 3 N–H and O–H groups in total. The van der Waals surface area contributed by atoms with E-state index < -0.39 is 5.60 Å². The van der Waals surface area contributed by atoms with Crippen molar-refractivity contribution >= 4 is 0 Å². The van der Waals surface area contributed by atoms with Crippen LogP contribution in [0.4, 0.5) is 0 Å². The Hall–Kier alpha value is -0.120. The van der Waals surface area contributed by atoms with Crippen molar-refractivity contribution in [3.63, 3.8) is 0 Å². The van der Waals surface area contributed by atoms with Crippen LogP contribution in [0.1, 0.15) is 19.8 Å². The molecule has 12 heavy (non-hydrogen) atoms. The molecule has 0 bridgehead atoms. The third-order valence-electron chi connectivity index (χ3n) is 2.92. The van der Waals surface area contributed by atoms with Crippen molar-refractivity contribution in [1.82, 2.24) is 4.90 Å². The fourth-order valence-electron chi connectivity index (χ4n) is 1.84. The SMILES string of the molecule is CN1CCCC(C(C)(O)CN)C1. The molecule has 0 aliphatic carbocycles. The van der Waals surface area contributed by atoms with Gasteiger partial charge in [0.1, 0.15) is 0 Å². The Morgan fingerprint density at radius 1 is 1.67 bits per heavy atom. The van der Waals surface area contributed by atoms with Crippen LogP contribution in [0.2, 0.25) is 0 Å². The summed E-state index contributed by atoms with van der Waals surface area (Å²) < 4.78 is 0. The number of likely N-dealkylation sites (tertiary alicyclic amines) is 1. The molecule has 3 nitrogen and oxygen atoms in total. The molecular formula is C9H20N2O. The molecule has 1 saturated heterocycles. The first-order valence-corrected chi connectivity index (χ1v) is 4.67. The molecular weight excluding hydrogens is 152 g/mol. The number of hydrogen-bond acceptors (Lipinski definition) is 3. The van der Waals surface area contributed by atoms with Crippen molar-refractivity contribution < 1.29 is 5.11 Å². The zero-order valence-electron chi connectivity index (χ0n) is 8.08. The monoisotopic (exact) mass is 172 g/mol. The van der Waals surface area contributed by atoms with Gasteiger partial charge in [0.2, 0.25) is 0 Å². The molecule has 72 valence electrons. The summed E-state index contributed by atoms with van der Waals surface area (Å²) in [4.78, 5) is 2.26. The second-order valence-electron chi connectivity index (χ2n) is 4.16. The average molecular weight is 172 g/mol. The summed E-state index contributed by atoms with van der Waals surface area (Å²) >= 11 is 0. The van der Waals surface area contributed by atoms with Gasteiger partial charge >= 0.3 is 0 Å². The molecule has 0 aromatic carbocycles. The predicted octanol–water partition coefficient (Wildman–Crippen LogP) is 0.0379. The molecule has 2 atom stereocenters. The van der Waals surface area contributed by atoms with Crippen LogP contribution in [-0.2, 0) is 0 Å². The zero-order chi connectivity index (χ0) is 9.19. The van der Waals surface area contributed by atoms with E-state index in [1.54, 1.807) is 0 Å². The molecule has 1 rings (SSSR count). The lowest BCUT2D eigenvalue weighted by molar-refractivity contribution is -0.0214. The smallest absolute Gasteiger partial charge is 0.0781 e. The maximum atomic E-state index is 9.91. The standard InChI is InChI=1S/C9H20N2O/c1-9(12,7-10)8-4-3-5-11(2)6-8/h8,12H,3-7,10H2,1-2H3. The number of rotatable bonds is 2. The molecule has 0 aromatic heterocycles. The van der Waals surface area contributed by atoms with Gasteiger partial charge in [-0.25, -0.2) is 0 Å². The summed E-state index contributed by atoms with van der Waals surface area (Å²) in [5, 5.41) is 9.91. The molecule has 2 unspecified atom stereocenters. The van der Waals surface area contributed by atoms with Gasteiger partial charge < -0.3 is 15.7 Å². The van der Waals surface area contributed by atoms with E-state index in [-0.39, 0.29) is 0 Å². The van der Waals surface area contributed by atoms with E-state index in [1.807, 2.05) is 6.92 Å². The van der Waals surface area contributed by atoms with Gasteiger partial charge in [0.05, 0.1) is 5.60 Å². The Bertz CT molecular complexity index is 147. The van der Waals surface area contributed by atoms with Crippen LogP contribution >= 0.6 is 0 Å². The van der Waals surface area contributed by atoms with Crippen molar-refractivity contribution in [3.8, 4) is 0 Å². The molecule has 1 aliphatic rings. The van der Waals surface area contributed by atoms with Gasteiger partial charge in [0.15, 0.2) is 0 Å². The average Bonchev–Trinajstić information content (AvgIpc) is 2.05. The Labute approximate surface area is 74.5 Å². The summed E-state index contributed by atoms with van der Waals surface area (Å²) in [6.45, 7) is 4.34. The van der Waals surface area contributed by atoms with Crippen molar-refractivity contribution in [1.29, 1.82) is 0 Å². The van der Waals surface area contributed by atoms with Crippen molar-refractivity contribution in [2.75, 3.05) is 26.7 Å². The summed E-state index contributed by atoms with van der Waals surface area (Å²) in [6.07, 6.45) is 2.28. The fourth-order valence-corrected chi connectivity index (χ4v) is 1.84. The molecule has 1 heterocycles. The molecule has 0 radical (unpaired) electrons. The van der Waals surface area contributed by atoms with Crippen LogP contribution in [0.25, 0.3) is 0 Å². The Morgan fingerprint density at radius 2 is 2.33 bits per heavy atom. The van der Waals surface area contributed by atoms with Crippen molar-refractivity contribution in [3.05, 3.63) is 0 Å². The lowest BCUT2D eigenvalue weighted by Gasteiger charge is -2.38. The lowest BCUT2D eigenvalue weighted by Crippen LogP contribution is -2.49. The summed E-state index contributed by atoms with van der Waals surface area (Å²) in [5.41, 5.74) is 4.84. The quantitative estimate of drug-likeness (QED) is 0.618. The molecule has 3 heteroatoms. The minimum Gasteiger partial charge on any atom is -0.389 e. The number of hydrogen-bond donors (Lipinski definition) is 2. The molecule has 1 aliphatic heterocycles. The number of piperidine rings is 1. The largest absolute Gasteiger partial charge is 0.389 e. The molecule has 0 aromatic rings. The highest BCUT2D eigenvalue weighted by molar-refractivity contribution is 4.87. The molecule has 0 spiro atoms. The first-order valence-electron chi connectivity index (χ1n) is 4.67. The number of nitrogens with two attached hydrogens (primary N) is 1. The fraction of sp³-hybridized carbons (Fsp3) is 1.00. The second kappa shape index (κ2) is 3.73. The van der Waals surface area contributed by atoms with E-state index in [2.05, 4.69) is 11.9 Å². The topological polar surface area (TPSA) is 49.5 Å². The first kappa shape index (κ1) is 9.96. The van der Waals surface area contributed by atoms with Crippen LogP contribution in [0, 0.1) is 5.92 Å². The zero-order valence-corrected chi connectivity index (χ0v) is 8.08. The van der Waals surface area contributed by atoms with E-state index in [9.17, 15) is 5.11 Å². The minimum atomic E-state index is -0.672. The van der Waals surface area contributed by atoms with Crippen LogP contribution < -0.4 is 5.73 Å². The van der Waals surface area contributed by atoms with E-state index in [0.29, 0.717) is 12.5 Å². The van der Waals surface area contributed by atoms with E-state index >= 15 is 0 Å². The normalized spacial score (nSPS) is 31.5. The van der Waals surface area contributed by atoms with E-state index in [4.69, 9.17) is 5.73 Å². The third kappa shape index (κ3) is 2.19. The predicted molar refractivity (Wildman–Crippen MR) is 49.9 cm³/mol. The number of nitrogens with zero attached hydrogens (tertiary/aromatic N) is 1. The summed E-state index contributed by atoms with van der Waals surface area (Å²) in [6, 6.07) is 0. The second-order valence-corrected chi connectivity index (χ2v) is 4.16. The Morgan fingerprint density at radius 3 is 2.83 bits per heavy atom. The van der Waals surface area contributed by atoms with Crippen LogP contribution in [-0.4, -0.2) is 42.3 Å². The van der Waals surface area contributed by atoms with Gasteiger partial charge in [0, 0.05) is 19.0 Å². The van der Waals surface area contributed by atoms with E-state index in [1.165, 1.54) is 6.42 Å². The van der Waals surface area contributed by atoms with Crippen LogP contribution in [0.3, 0.4) is 0 Å². The van der Waals surface area contributed by atoms with Crippen molar-refractivity contribution in [2.24, 2.45) is 11.7 Å². The highest BCUT2D eigenvalue weighted by Crippen LogP contribution is 2.25. The highest BCUT2D eigenvalue weighted by Gasteiger charge is 2.32. The lowest BCUT2D eigenvalue weighted by atomic mass is 9.83.